The van der Waals surface area contributed by atoms with Crippen molar-refractivity contribution in [2.45, 2.75) is 81.7 Å². The minimum absolute atomic E-state index is 0.000523. The number of nitrogen functional groups attached to an aromatic ring is 2. The number of aromatic nitrogens is 12. The fourth-order valence-electron chi connectivity index (χ4n) is 9.62. The number of carbonyl (C=O) groups excluding carboxylic acids is 2. The second kappa shape index (κ2) is 39.6. The quantitative estimate of drug-likeness (QED) is 0.0277. The van der Waals surface area contributed by atoms with Gasteiger partial charge < -0.3 is 37.2 Å². The van der Waals surface area contributed by atoms with Gasteiger partial charge in [0.25, 0.3) is 17.4 Å². The zero-order valence-corrected chi connectivity index (χ0v) is 66.2. The SMILES string of the molecule is Cc1ccc(Cl)cn1.Cc1ncc(Cl)cc1C(=O)C(F)(F)F.Cc1ncc(Cl)cc1C(O)(O)C(F)(F)F.Cc1ncc(Cl)cc1C(O)(c1cccnc1Cl)C(F)(F)F.FC(F)(F)c1c2cccnc2nc2ncc(Cl)cc12.Nc1ccc(Cl)cn1.Nc1ncc(Cl)cc1C(=O)C(F)(F)F.OC1(C(F)(F)F)c2cccnc2Nc2ncc(Cl)cc21. The summed E-state index contributed by atoms with van der Waals surface area (Å²) in [6.45, 7) is 5.80. The van der Waals surface area contributed by atoms with Crippen molar-refractivity contribution in [2.75, 3.05) is 16.8 Å². The summed E-state index contributed by atoms with van der Waals surface area (Å²) in [6, 6.07) is 20.5. The number of alkyl halides is 18. The van der Waals surface area contributed by atoms with Crippen LogP contribution in [-0.4, -0.2) is 123 Å². The molecule has 0 saturated heterocycles. The highest BCUT2D eigenvalue weighted by Gasteiger charge is 2.61. The van der Waals surface area contributed by atoms with Crippen molar-refractivity contribution < 1.29 is 109 Å². The van der Waals surface area contributed by atoms with Crippen molar-refractivity contribution in [2.24, 2.45) is 0 Å². The number of aryl methyl sites for hydroxylation is 4. The summed E-state index contributed by atoms with van der Waals surface area (Å²) >= 11 is 50.1. The van der Waals surface area contributed by atoms with Crippen molar-refractivity contribution in [1.29, 1.82) is 0 Å². The lowest BCUT2D eigenvalue weighted by molar-refractivity contribution is -0.358. The number of halogens is 27. The summed E-state index contributed by atoms with van der Waals surface area (Å²) in [7, 11) is 0. The molecule has 21 nitrogen and oxygen atoms in total. The number of carbonyl (C=O) groups is 2. The zero-order valence-electron chi connectivity index (χ0n) is 59.4. The first-order valence-electron chi connectivity index (χ1n) is 31.7. The molecule has 0 aliphatic carbocycles. The predicted molar refractivity (Wildman–Crippen MR) is 405 cm³/mol. The number of fused-ring (bicyclic) bond motifs is 4. The van der Waals surface area contributed by atoms with Crippen LogP contribution in [0.2, 0.25) is 45.3 Å². The summed E-state index contributed by atoms with van der Waals surface area (Å²) in [5.41, 5.74) is -0.0901. The molecule has 1 aliphatic heterocycles. The third-order valence-corrected chi connectivity index (χ3v) is 17.1. The van der Waals surface area contributed by atoms with E-state index in [9.17, 15) is 98.8 Å². The molecule has 13 heterocycles. The Bertz CT molecular complexity index is 5440. The lowest BCUT2D eigenvalue weighted by Crippen LogP contribution is -2.46. The van der Waals surface area contributed by atoms with E-state index in [1.165, 1.54) is 101 Å². The number of pyridine rings is 12. The molecule has 632 valence electrons. The lowest BCUT2D eigenvalue weighted by Gasteiger charge is -2.36. The molecule has 119 heavy (non-hydrogen) atoms. The highest BCUT2D eigenvalue weighted by atomic mass is 35.5. The van der Waals surface area contributed by atoms with Gasteiger partial charge in [-0.25, -0.2) is 39.9 Å². The van der Waals surface area contributed by atoms with Gasteiger partial charge in [0, 0.05) is 135 Å². The van der Waals surface area contributed by atoms with Crippen LogP contribution in [0.5, 0.6) is 0 Å². The van der Waals surface area contributed by atoms with Crippen LogP contribution in [0.4, 0.5) is 102 Å². The third kappa shape index (κ3) is 25.2. The molecular formula is C71H48Cl9F18N15O6. The largest absolute Gasteiger partial charge is 0.455 e. The van der Waals surface area contributed by atoms with Gasteiger partial charge in [-0.2, -0.15) is 79.0 Å². The van der Waals surface area contributed by atoms with Crippen LogP contribution in [0.3, 0.4) is 0 Å². The first-order valence-corrected chi connectivity index (χ1v) is 35.1. The van der Waals surface area contributed by atoms with E-state index in [4.69, 9.17) is 126 Å². The van der Waals surface area contributed by atoms with Crippen LogP contribution in [-0.2, 0) is 23.2 Å². The summed E-state index contributed by atoms with van der Waals surface area (Å²) < 4.78 is 230. The van der Waals surface area contributed by atoms with Gasteiger partial charge >= 0.3 is 37.1 Å². The van der Waals surface area contributed by atoms with Crippen LogP contribution in [0.15, 0.2) is 165 Å². The van der Waals surface area contributed by atoms with Gasteiger partial charge in [0.2, 0.25) is 11.2 Å². The number of rotatable bonds is 5. The Hall–Kier alpha value is -9.75. The van der Waals surface area contributed by atoms with Gasteiger partial charge in [-0.05, 0) is 113 Å². The van der Waals surface area contributed by atoms with Crippen LogP contribution < -0.4 is 16.8 Å². The Kier molecular flexibility index (Phi) is 32.7. The first-order chi connectivity index (χ1) is 54.9. The van der Waals surface area contributed by atoms with Gasteiger partial charge in [-0.1, -0.05) is 117 Å². The highest BCUT2D eigenvalue weighted by Crippen LogP contribution is 2.52. The molecule has 9 N–H and O–H groups in total. The maximum atomic E-state index is 13.6. The van der Waals surface area contributed by atoms with Crippen LogP contribution >= 0.6 is 104 Å². The van der Waals surface area contributed by atoms with E-state index >= 15 is 0 Å². The Morgan fingerprint density at radius 1 is 0.412 bits per heavy atom. The first kappa shape index (κ1) is 98.1. The molecule has 2 atom stereocenters. The van der Waals surface area contributed by atoms with E-state index in [-0.39, 0.29) is 86.5 Å². The maximum Gasteiger partial charge on any atom is 0.455 e. The number of hydrogen-bond acceptors (Lipinski definition) is 21. The summed E-state index contributed by atoms with van der Waals surface area (Å²) in [6.07, 6.45) is -15.5. The molecule has 0 saturated carbocycles. The van der Waals surface area contributed by atoms with Crippen LogP contribution in [0, 0.1) is 27.7 Å². The molecule has 12 aromatic rings. The fraction of sp³-hybridized carbons (Fsp3) is 0.183. The Labute approximate surface area is 702 Å². The number of anilines is 4. The fourth-order valence-corrected chi connectivity index (χ4v) is 11.0. The third-order valence-electron chi connectivity index (χ3n) is 15.1. The summed E-state index contributed by atoms with van der Waals surface area (Å²) in [5.74, 6) is -8.12. The van der Waals surface area contributed by atoms with E-state index in [2.05, 4.69) is 65.1 Å². The second-order valence-electron chi connectivity index (χ2n) is 23.5. The van der Waals surface area contributed by atoms with Crippen LogP contribution in [0.1, 0.15) is 76.9 Å². The van der Waals surface area contributed by atoms with Crippen molar-refractivity contribution >= 4 is 161 Å². The molecule has 48 heteroatoms. The van der Waals surface area contributed by atoms with Crippen molar-refractivity contribution in [3.8, 4) is 0 Å². The number of nitrogens with one attached hydrogen (secondary N) is 1. The average Bonchev–Trinajstić information content (AvgIpc) is 0.722. The van der Waals surface area contributed by atoms with E-state index in [0.717, 1.165) is 60.6 Å². The number of nitrogens with two attached hydrogens (primary N) is 2. The molecule has 0 spiro atoms. The Balaban J connectivity index is 0.000000215. The van der Waals surface area contributed by atoms with E-state index in [0.29, 0.717) is 15.9 Å². The van der Waals surface area contributed by atoms with Gasteiger partial charge in [-0.3, -0.25) is 29.5 Å². The van der Waals surface area contributed by atoms with Gasteiger partial charge in [0.05, 0.1) is 51.3 Å². The molecule has 0 fully saturated rings. The molecule has 13 rings (SSSR count). The molecule has 0 amide bonds. The number of hydrogen-bond donors (Lipinski definition) is 7. The van der Waals surface area contributed by atoms with Gasteiger partial charge in [0.1, 0.15) is 28.4 Å². The maximum absolute atomic E-state index is 13.6. The Morgan fingerprint density at radius 2 is 0.857 bits per heavy atom. The lowest BCUT2D eigenvalue weighted by atomic mass is 9.84. The molecule has 2 unspecified atom stereocenters. The van der Waals surface area contributed by atoms with Gasteiger partial charge in [-0.15, -0.1) is 0 Å². The second-order valence-corrected chi connectivity index (χ2v) is 27.4. The van der Waals surface area contributed by atoms with E-state index in [1.807, 2.05) is 19.1 Å². The topological polar surface area (TPSA) is 334 Å². The molecule has 0 bridgehead atoms. The predicted octanol–water partition coefficient (Wildman–Crippen LogP) is 20.7. The zero-order chi connectivity index (χ0) is 89.7. The number of nitrogens with zero attached hydrogens (tertiary/aromatic N) is 12. The molecule has 1 aliphatic rings. The summed E-state index contributed by atoms with van der Waals surface area (Å²) in [4.78, 5) is 66.2. The number of Topliss-reactive ketones (excluding diaryl/α,β-unsaturated/α-hetero) is 2. The van der Waals surface area contributed by atoms with Crippen molar-refractivity contribution in [3.05, 3.63) is 278 Å². The minimum atomic E-state index is -5.20. The molecule has 0 aromatic carbocycles. The summed E-state index contributed by atoms with van der Waals surface area (Å²) in [5, 5.41) is 41.9. The monoisotopic (exact) mass is 1860 g/mol. The number of aliphatic hydroxyl groups is 4. The molecule has 0 radical (unpaired) electrons. The van der Waals surface area contributed by atoms with Crippen molar-refractivity contribution in [1.82, 2.24) is 59.8 Å². The average molecular weight is 1870 g/mol. The van der Waals surface area contributed by atoms with Gasteiger partial charge in [0.15, 0.2) is 11.3 Å². The highest BCUT2D eigenvalue weighted by molar-refractivity contribution is 6.33. The van der Waals surface area contributed by atoms with E-state index < -0.39 is 116 Å². The van der Waals surface area contributed by atoms with Crippen molar-refractivity contribution in [3.63, 3.8) is 0 Å². The molecule has 12 aromatic heterocycles. The number of ketones is 2. The van der Waals surface area contributed by atoms with E-state index in [1.54, 1.807) is 18.3 Å². The van der Waals surface area contributed by atoms with Crippen LogP contribution in [0.25, 0.3) is 22.1 Å². The molecular weight excluding hydrogens is 1820 g/mol. The Morgan fingerprint density at radius 3 is 1.37 bits per heavy atom. The minimum Gasteiger partial charge on any atom is -0.384 e. The standard InChI is InChI=1S/C13H9Cl2F3N2O.C12H7ClF3N3O.C12H5ClF3N3.C8H7ClF3NO2.C8H5ClF3NO.C7H4ClF3N2O.C6H6ClN.C5H5ClN2/c1-7-10(5-8(14)6-20-7)12(21,13(16,17)18)9-3-2-4-19-11(9)15;13-6-4-8-10(18-5-6)19-9-7(2-1-3-17-9)11(8,20)12(14,15)16;13-6-4-8-9(12(14,15)16)7-2-1-3-17-10(7)19-11(8)18-5-6;1-4-6(2-5(9)3-13-4)7(14,15)8(10,11)12;1-4-6(2-5(9)3-13-4)7(14)8(10,11)12;8-3-1-4(6(12)13-2-3)5(14)7(9,10)11;1-5-2-3-6(7)4-8-5;6-4-1-2-5(7)8-3-4/h2-6,21H,1H3;1-5,20H,(H,17,18,19);1-5H;2-3,14-15H,1H3;2-3H,1H3;1-2H,(H2,12,13);2-4H,1H3;1-3H,(H2,7,8). The smallest absolute Gasteiger partial charge is 0.384 e. The normalized spacial score (nSPS) is 13.6.